The van der Waals surface area contributed by atoms with Gasteiger partial charge in [-0.15, -0.1) is 0 Å². The van der Waals surface area contributed by atoms with Gasteiger partial charge in [0.1, 0.15) is 5.75 Å². The summed E-state index contributed by atoms with van der Waals surface area (Å²) in [5.74, 6) is -0.683. The van der Waals surface area contributed by atoms with Gasteiger partial charge in [-0.2, -0.15) is 8.42 Å². The molecule has 82 valence electrons. The molecule has 7 heteroatoms. The molecular weight excluding hydrogens is 243 g/mol. The Morgan fingerprint density at radius 2 is 2.06 bits per heavy atom. The Morgan fingerprint density at radius 1 is 1.44 bits per heavy atom. The second-order valence-electron chi connectivity index (χ2n) is 2.58. The van der Waals surface area contributed by atoms with Crippen LogP contribution in [0.2, 0.25) is 0 Å². The van der Waals surface area contributed by atoms with E-state index in [2.05, 4.69) is 11.3 Å². The van der Waals surface area contributed by atoms with Gasteiger partial charge in [0.25, 0.3) is 10.1 Å². The Balaban J connectivity index is 0.00000225. The van der Waals surface area contributed by atoms with Crippen LogP contribution >= 0.6 is 0 Å². The van der Waals surface area contributed by atoms with Crippen molar-refractivity contribution < 1.29 is 22.5 Å². The molecule has 1 N–H and O–H groups in total. The minimum absolute atomic E-state index is 0. The Morgan fingerprint density at radius 3 is 2.56 bits per heavy atom. The van der Waals surface area contributed by atoms with E-state index >= 15 is 0 Å². The molecule has 0 unspecified atom stereocenters. The Bertz CT molecular complexity index is 494. The van der Waals surface area contributed by atoms with Crippen LogP contribution in [0.3, 0.4) is 0 Å². The molecule has 16 heavy (non-hydrogen) atoms. The third-order valence-electron chi connectivity index (χ3n) is 1.49. The van der Waals surface area contributed by atoms with E-state index in [0.717, 1.165) is 12.1 Å². The number of hydrogen-bond acceptors (Lipinski definition) is 4. The standard InChI is InChI=1S/C9H8O5S.Na.H/c1-2-9(10)14-7-4-3-5-8(6-7)15(11,12)13;;/h2-6H,1H2,(H,11,12,13);;. The first-order valence-electron chi connectivity index (χ1n) is 3.85. The van der Waals surface area contributed by atoms with Crippen molar-refractivity contribution in [2.75, 3.05) is 0 Å². The molecule has 0 amide bonds. The number of rotatable bonds is 3. The van der Waals surface area contributed by atoms with E-state index < -0.39 is 16.1 Å². The summed E-state index contributed by atoms with van der Waals surface area (Å²) in [6.07, 6.45) is 0.945. The Hall–Kier alpha value is -0.660. The van der Waals surface area contributed by atoms with Crippen molar-refractivity contribution in [3.63, 3.8) is 0 Å². The second-order valence-corrected chi connectivity index (χ2v) is 4.00. The van der Waals surface area contributed by atoms with E-state index in [1.807, 2.05) is 0 Å². The summed E-state index contributed by atoms with van der Waals surface area (Å²) in [4.78, 5) is 10.5. The second kappa shape index (κ2) is 6.17. The van der Waals surface area contributed by atoms with Crippen LogP contribution in [-0.2, 0) is 14.9 Å². The number of carbonyl (C=O) groups excluding carboxylic acids is 1. The van der Waals surface area contributed by atoms with E-state index in [4.69, 9.17) is 4.55 Å². The van der Waals surface area contributed by atoms with E-state index in [1.54, 1.807) is 0 Å². The molecule has 1 aromatic carbocycles. The molecule has 0 radical (unpaired) electrons. The topological polar surface area (TPSA) is 80.7 Å². The van der Waals surface area contributed by atoms with Crippen LogP contribution in [0, 0.1) is 0 Å². The third kappa shape index (κ3) is 4.46. The molecule has 1 rings (SSSR count). The van der Waals surface area contributed by atoms with Crippen molar-refractivity contribution in [2.24, 2.45) is 0 Å². The van der Waals surface area contributed by atoms with Gasteiger partial charge in [0.05, 0.1) is 4.90 Å². The van der Waals surface area contributed by atoms with Gasteiger partial charge in [-0.3, -0.25) is 4.55 Å². The summed E-state index contributed by atoms with van der Waals surface area (Å²) in [6, 6.07) is 4.95. The normalized spacial score (nSPS) is 10.1. The minimum atomic E-state index is -4.28. The first kappa shape index (κ1) is 15.3. The van der Waals surface area contributed by atoms with Crippen LogP contribution in [0.25, 0.3) is 0 Å². The fourth-order valence-corrected chi connectivity index (χ4v) is 1.37. The van der Waals surface area contributed by atoms with Crippen molar-refractivity contribution in [1.29, 1.82) is 0 Å². The summed E-state index contributed by atoms with van der Waals surface area (Å²) in [7, 11) is -4.28. The fraction of sp³-hybridized carbons (Fsp3) is 0. The van der Waals surface area contributed by atoms with Gasteiger partial charge in [-0.05, 0) is 12.1 Å². The molecule has 0 fully saturated rings. The molecule has 0 saturated carbocycles. The van der Waals surface area contributed by atoms with Crippen LogP contribution in [-0.4, -0.2) is 48.5 Å². The first-order valence-corrected chi connectivity index (χ1v) is 5.29. The van der Waals surface area contributed by atoms with Crippen molar-refractivity contribution in [3.05, 3.63) is 36.9 Å². The number of ether oxygens (including phenoxy) is 1. The van der Waals surface area contributed by atoms with Crippen LogP contribution in [0.15, 0.2) is 41.8 Å². The predicted octanol–water partition coefficient (Wildman–Crippen LogP) is 0.376. The van der Waals surface area contributed by atoms with Crippen molar-refractivity contribution in [1.82, 2.24) is 0 Å². The number of hydrogen-bond donors (Lipinski definition) is 1. The number of benzene rings is 1. The molecule has 0 aliphatic rings. The number of carbonyl (C=O) groups is 1. The molecule has 0 aliphatic carbocycles. The first-order chi connectivity index (χ1) is 6.93. The molecule has 1 aromatic rings. The summed E-state index contributed by atoms with van der Waals surface area (Å²) in [6.45, 7) is 3.19. The Labute approximate surface area is 115 Å². The predicted molar refractivity (Wildman–Crippen MR) is 59.2 cm³/mol. The molecule has 0 spiro atoms. The summed E-state index contributed by atoms with van der Waals surface area (Å²) in [5, 5.41) is 0. The molecule has 5 nitrogen and oxygen atoms in total. The number of esters is 1. The van der Waals surface area contributed by atoms with E-state index in [-0.39, 0.29) is 40.2 Å². The van der Waals surface area contributed by atoms with E-state index in [0.29, 0.717) is 0 Å². The van der Waals surface area contributed by atoms with Gasteiger partial charge in [0.2, 0.25) is 0 Å². The van der Waals surface area contributed by atoms with Crippen molar-refractivity contribution >= 4 is 45.6 Å². The van der Waals surface area contributed by atoms with Gasteiger partial charge in [-0.1, -0.05) is 12.6 Å². The molecular formula is C9H9NaO5S. The molecule has 0 bridgehead atoms. The third-order valence-corrected chi connectivity index (χ3v) is 2.34. The summed E-state index contributed by atoms with van der Waals surface area (Å²) < 4.78 is 34.9. The molecule has 0 atom stereocenters. The van der Waals surface area contributed by atoms with E-state index in [9.17, 15) is 13.2 Å². The zero-order valence-corrected chi connectivity index (χ0v) is 8.40. The van der Waals surface area contributed by atoms with Gasteiger partial charge in [-0.25, -0.2) is 4.79 Å². The summed E-state index contributed by atoms with van der Waals surface area (Å²) >= 11 is 0. The monoisotopic (exact) mass is 252 g/mol. The van der Waals surface area contributed by atoms with Crippen molar-refractivity contribution in [2.45, 2.75) is 4.90 Å². The molecule has 0 aromatic heterocycles. The maximum absolute atomic E-state index is 10.8. The van der Waals surface area contributed by atoms with Crippen LogP contribution in [0.1, 0.15) is 0 Å². The average molecular weight is 252 g/mol. The SMILES string of the molecule is C=CC(=O)Oc1cccc(S(=O)(=O)O)c1.[NaH]. The quantitative estimate of drug-likeness (QED) is 0.276. The van der Waals surface area contributed by atoms with Gasteiger partial charge >= 0.3 is 35.5 Å². The van der Waals surface area contributed by atoms with Gasteiger partial charge < -0.3 is 4.74 Å². The zero-order chi connectivity index (χ0) is 11.5. The van der Waals surface area contributed by atoms with Gasteiger partial charge in [0.15, 0.2) is 0 Å². The van der Waals surface area contributed by atoms with E-state index in [1.165, 1.54) is 18.2 Å². The zero-order valence-electron chi connectivity index (χ0n) is 7.58. The molecule has 0 aliphatic heterocycles. The maximum atomic E-state index is 10.8. The van der Waals surface area contributed by atoms with Gasteiger partial charge in [0, 0.05) is 12.1 Å². The van der Waals surface area contributed by atoms with Crippen LogP contribution < -0.4 is 4.74 Å². The average Bonchev–Trinajstić information content (AvgIpc) is 2.17. The van der Waals surface area contributed by atoms with Crippen molar-refractivity contribution in [3.8, 4) is 5.75 Å². The molecule has 0 heterocycles. The Kier molecular flexibility index (Phi) is 5.91. The van der Waals surface area contributed by atoms with Crippen LogP contribution in [0.4, 0.5) is 0 Å². The summed E-state index contributed by atoms with van der Waals surface area (Å²) in [5.41, 5.74) is 0. The fourth-order valence-electron chi connectivity index (χ4n) is 0.856. The molecule has 0 saturated heterocycles. The van der Waals surface area contributed by atoms with Crippen LogP contribution in [0.5, 0.6) is 5.75 Å².